The van der Waals surface area contributed by atoms with Crippen LogP contribution in [0.15, 0.2) is 24.3 Å². The van der Waals surface area contributed by atoms with Crippen molar-refractivity contribution in [1.29, 1.82) is 0 Å². The number of anilines is 1. The van der Waals surface area contributed by atoms with Crippen LogP contribution in [0.4, 0.5) is 23.7 Å². The molecule has 1 N–H and O–H groups in total. The van der Waals surface area contributed by atoms with Gasteiger partial charge in [0, 0.05) is 32.8 Å². The number of amides is 3. The summed E-state index contributed by atoms with van der Waals surface area (Å²) in [5, 5.41) is 2.44. The number of para-hydroxylation sites is 2. The topological polar surface area (TPSA) is 71.1 Å². The Labute approximate surface area is 154 Å². The van der Waals surface area contributed by atoms with Crippen LogP contribution in [0, 0.1) is 0 Å². The number of halogens is 3. The number of ether oxygens (including phenoxy) is 2. The zero-order valence-electron chi connectivity index (χ0n) is 14.5. The van der Waals surface area contributed by atoms with E-state index in [-0.39, 0.29) is 24.7 Å². The van der Waals surface area contributed by atoms with Gasteiger partial charge in [0.1, 0.15) is 6.10 Å². The first-order valence-electron chi connectivity index (χ1n) is 8.64. The van der Waals surface area contributed by atoms with E-state index in [4.69, 9.17) is 4.74 Å². The predicted octanol–water partition coefficient (Wildman–Crippen LogP) is 2.44. The van der Waals surface area contributed by atoms with Crippen molar-refractivity contribution in [2.24, 2.45) is 0 Å². The molecule has 1 atom stereocenters. The second-order valence-electron chi connectivity index (χ2n) is 6.29. The highest BCUT2D eigenvalue weighted by Crippen LogP contribution is 2.30. The van der Waals surface area contributed by atoms with Gasteiger partial charge >= 0.3 is 12.4 Å². The first-order chi connectivity index (χ1) is 12.8. The molecular weight excluding hydrogens is 367 g/mol. The maximum atomic E-state index is 12.5. The summed E-state index contributed by atoms with van der Waals surface area (Å²) in [5.41, 5.74) is -0.0716. The maximum absolute atomic E-state index is 12.5. The Bertz CT molecular complexity index is 684. The molecule has 0 saturated carbocycles. The SMILES string of the molecule is O=C(Nc1ccccc1OC(F)(F)F)N1CCN(C(=O)[C@H]2CCCO2)CC1. The van der Waals surface area contributed by atoms with E-state index in [2.05, 4.69) is 10.1 Å². The van der Waals surface area contributed by atoms with Crippen molar-refractivity contribution in [3.63, 3.8) is 0 Å². The molecule has 2 fully saturated rings. The van der Waals surface area contributed by atoms with E-state index in [1.807, 2.05) is 0 Å². The summed E-state index contributed by atoms with van der Waals surface area (Å²) < 4.78 is 46.7. The number of alkyl halides is 3. The molecule has 10 heteroatoms. The summed E-state index contributed by atoms with van der Waals surface area (Å²) in [6.45, 7) is 1.86. The van der Waals surface area contributed by atoms with E-state index in [0.29, 0.717) is 26.1 Å². The summed E-state index contributed by atoms with van der Waals surface area (Å²) in [7, 11) is 0. The molecule has 2 aliphatic heterocycles. The van der Waals surface area contributed by atoms with Crippen molar-refractivity contribution in [3.05, 3.63) is 24.3 Å². The van der Waals surface area contributed by atoms with Crippen molar-refractivity contribution in [2.45, 2.75) is 25.3 Å². The molecule has 0 spiro atoms. The number of nitrogens with one attached hydrogen (secondary N) is 1. The average molecular weight is 387 g/mol. The fourth-order valence-corrected chi connectivity index (χ4v) is 3.08. The van der Waals surface area contributed by atoms with Crippen molar-refractivity contribution in [2.75, 3.05) is 38.1 Å². The Morgan fingerprint density at radius 2 is 1.78 bits per heavy atom. The van der Waals surface area contributed by atoms with Crippen LogP contribution < -0.4 is 10.1 Å². The Morgan fingerprint density at radius 3 is 2.41 bits per heavy atom. The van der Waals surface area contributed by atoms with Gasteiger partial charge in [-0.3, -0.25) is 4.79 Å². The minimum absolute atomic E-state index is 0.0716. The molecule has 2 aliphatic rings. The molecule has 7 nitrogen and oxygen atoms in total. The van der Waals surface area contributed by atoms with Gasteiger partial charge in [0.2, 0.25) is 0 Å². The molecule has 27 heavy (non-hydrogen) atoms. The lowest BCUT2D eigenvalue weighted by Crippen LogP contribution is -2.53. The number of nitrogens with zero attached hydrogens (tertiary/aromatic N) is 2. The van der Waals surface area contributed by atoms with Gasteiger partial charge in [-0.25, -0.2) is 4.79 Å². The van der Waals surface area contributed by atoms with E-state index in [1.54, 1.807) is 4.90 Å². The Hall–Kier alpha value is -2.49. The first-order valence-corrected chi connectivity index (χ1v) is 8.64. The van der Waals surface area contributed by atoms with Crippen molar-refractivity contribution >= 4 is 17.6 Å². The van der Waals surface area contributed by atoms with Crippen LogP contribution >= 0.6 is 0 Å². The Morgan fingerprint density at radius 1 is 1.11 bits per heavy atom. The molecule has 148 valence electrons. The minimum Gasteiger partial charge on any atom is -0.404 e. The largest absolute Gasteiger partial charge is 0.573 e. The summed E-state index contributed by atoms with van der Waals surface area (Å²) in [6.07, 6.45) is -3.69. The lowest BCUT2D eigenvalue weighted by molar-refractivity contribution is -0.274. The van der Waals surface area contributed by atoms with Gasteiger partial charge in [-0.15, -0.1) is 13.2 Å². The fraction of sp³-hybridized carbons (Fsp3) is 0.529. The van der Waals surface area contributed by atoms with Gasteiger partial charge in [-0.1, -0.05) is 12.1 Å². The Balaban J connectivity index is 1.55. The van der Waals surface area contributed by atoms with Crippen LogP contribution in [0.2, 0.25) is 0 Å². The van der Waals surface area contributed by atoms with E-state index in [9.17, 15) is 22.8 Å². The van der Waals surface area contributed by atoms with E-state index in [1.165, 1.54) is 23.1 Å². The van der Waals surface area contributed by atoms with Crippen LogP contribution in [0.25, 0.3) is 0 Å². The molecule has 1 aromatic carbocycles. The van der Waals surface area contributed by atoms with Crippen LogP contribution in [-0.2, 0) is 9.53 Å². The molecule has 0 radical (unpaired) electrons. The third-order valence-electron chi connectivity index (χ3n) is 4.44. The summed E-state index contributed by atoms with van der Waals surface area (Å²) >= 11 is 0. The molecule has 0 aliphatic carbocycles. The first kappa shape index (κ1) is 19.3. The smallest absolute Gasteiger partial charge is 0.404 e. The molecule has 0 unspecified atom stereocenters. The molecule has 3 amide bonds. The highest BCUT2D eigenvalue weighted by molar-refractivity contribution is 5.91. The number of hydrogen-bond donors (Lipinski definition) is 1. The van der Waals surface area contributed by atoms with E-state index >= 15 is 0 Å². The van der Waals surface area contributed by atoms with Crippen LogP contribution in [0.1, 0.15) is 12.8 Å². The summed E-state index contributed by atoms with van der Waals surface area (Å²) in [5.74, 6) is -0.554. The number of urea groups is 1. The summed E-state index contributed by atoms with van der Waals surface area (Å²) in [6, 6.07) is 4.79. The molecule has 2 heterocycles. The third-order valence-corrected chi connectivity index (χ3v) is 4.44. The lowest BCUT2D eigenvalue weighted by Gasteiger charge is -2.35. The molecule has 1 aromatic rings. The quantitative estimate of drug-likeness (QED) is 0.865. The van der Waals surface area contributed by atoms with Gasteiger partial charge in [-0.05, 0) is 25.0 Å². The number of benzene rings is 1. The van der Waals surface area contributed by atoms with Crippen molar-refractivity contribution < 1.29 is 32.2 Å². The zero-order valence-corrected chi connectivity index (χ0v) is 14.5. The summed E-state index contributed by atoms with van der Waals surface area (Å²) in [4.78, 5) is 27.8. The van der Waals surface area contributed by atoms with Crippen LogP contribution in [-0.4, -0.2) is 67.0 Å². The minimum atomic E-state index is -4.85. The standard InChI is InChI=1S/C17H20F3N3O4/c18-17(19,20)27-13-5-2-1-4-12(13)21-16(25)23-9-7-22(8-10-23)15(24)14-6-3-11-26-14/h1-2,4-5,14H,3,6-11H2,(H,21,25)/t14-/m1/s1. The highest BCUT2D eigenvalue weighted by Gasteiger charge is 2.33. The molecule has 3 rings (SSSR count). The fourth-order valence-electron chi connectivity index (χ4n) is 3.08. The highest BCUT2D eigenvalue weighted by atomic mass is 19.4. The Kier molecular flexibility index (Phi) is 5.73. The van der Waals surface area contributed by atoms with E-state index in [0.717, 1.165) is 12.5 Å². The molecular formula is C17H20F3N3O4. The maximum Gasteiger partial charge on any atom is 0.573 e. The normalized spacial score (nSPS) is 20.5. The number of piperazine rings is 1. The van der Waals surface area contributed by atoms with Gasteiger partial charge in [-0.2, -0.15) is 0 Å². The van der Waals surface area contributed by atoms with E-state index < -0.39 is 24.2 Å². The second kappa shape index (κ2) is 8.03. The monoisotopic (exact) mass is 387 g/mol. The molecule has 2 saturated heterocycles. The zero-order chi connectivity index (χ0) is 19.4. The third kappa shape index (κ3) is 5.03. The predicted molar refractivity (Wildman–Crippen MR) is 89.3 cm³/mol. The number of hydrogen-bond acceptors (Lipinski definition) is 4. The van der Waals surface area contributed by atoms with Crippen molar-refractivity contribution in [1.82, 2.24) is 9.80 Å². The number of carbonyl (C=O) groups excluding carboxylic acids is 2. The van der Waals surface area contributed by atoms with Crippen LogP contribution in [0.3, 0.4) is 0 Å². The molecule has 0 bridgehead atoms. The van der Waals surface area contributed by atoms with Gasteiger partial charge in [0.15, 0.2) is 5.75 Å². The van der Waals surface area contributed by atoms with Gasteiger partial charge in [0.05, 0.1) is 5.69 Å². The second-order valence-corrected chi connectivity index (χ2v) is 6.29. The molecule has 0 aromatic heterocycles. The lowest BCUT2D eigenvalue weighted by atomic mass is 10.2. The van der Waals surface area contributed by atoms with Crippen LogP contribution in [0.5, 0.6) is 5.75 Å². The van der Waals surface area contributed by atoms with Crippen molar-refractivity contribution in [3.8, 4) is 5.75 Å². The van der Waals surface area contributed by atoms with Gasteiger partial charge in [0.25, 0.3) is 5.91 Å². The van der Waals surface area contributed by atoms with Gasteiger partial charge < -0.3 is 24.6 Å². The average Bonchev–Trinajstić information content (AvgIpc) is 3.16. The number of rotatable bonds is 3. The number of carbonyl (C=O) groups is 2.